The Kier molecular flexibility index (Phi) is 6.65. The molecule has 1 atom stereocenters. The molecule has 34 heavy (non-hydrogen) atoms. The molecule has 3 aromatic rings. The zero-order chi connectivity index (χ0) is 24.5. The summed E-state index contributed by atoms with van der Waals surface area (Å²) in [5, 5.41) is 0. The van der Waals surface area contributed by atoms with Crippen molar-refractivity contribution in [3.05, 3.63) is 76.0 Å². The summed E-state index contributed by atoms with van der Waals surface area (Å²) in [7, 11) is 1.26. The van der Waals surface area contributed by atoms with E-state index in [4.69, 9.17) is 14.5 Å². The number of methoxy groups -OCH3 is 1. The van der Waals surface area contributed by atoms with E-state index in [0.29, 0.717) is 6.42 Å². The van der Waals surface area contributed by atoms with Crippen LogP contribution in [0.3, 0.4) is 0 Å². The minimum absolute atomic E-state index is 0.0516. The van der Waals surface area contributed by atoms with E-state index in [1.54, 1.807) is 12.4 Å². The molecular formula is C25H25BrN4O4. The number of halogens is 1. The SMILES string of the molecule is COC(=O)C(C)(C)OC(=O)CC[C@@H]1N=C(c2ccccn2)c2cc(Br)ccc2-n2c(C)cnc21. The number of esters is 2. The topological polar surface area (TPSA) is 95.7 Å². The van der Waals surface area contributed by atoms with Gasteiger partial charge in [0.15, 0.2) is 0 Å². The van der Waals surface area contributed by atoms with Crippen molar-refractivity contribution >= 4 is 33.6 Å². The van der Waals surface area contributed by atoms with E-state index in [9.17, 15) is 9.59 Å². The van der Waals surface area contributed by atoms with E-state index in [2.05, 4.69) is 30.5 Å². The van der Waals surface area contributed by atoms with Crippen molar-refractivity contribution in [2.75, 3.05) is 7.11 Å². The van der Waals surface area contributed by atoms with Crippen LogP contribution < -0.4 is 0 Å². The van der Waals surface area contributed by atoms with Gasteiger partial charge >= 0.3 is 11.9 Å². The summed E-state index contributed by atoms with van der Waals surface area (Å²) in [6.07, 6.45) is 3.92. The van der Waals surface area contributed by atoms with Gasteiger partial charge in [-0.3, -0.25) is 19.3 Å². The first-order chi connectivity index (χ1) is 16.2. The second-order valence-electron chi connectivity index (χ2n) is 8.48. The van der Waals surface area contributed by atoms with Gasteiger partial charge in [-0.1, -0.05) is 22.0 Å². The number of pyridine rings is 1. The van der Waals surface area contributed by atoms with Crippen molar-refractivity contribution in [1.29, 1.82) is 0 Å². The summed E-state index contributed by atoms with van der Waals surface area (Å²) < 4.78 is 13.1. The minimum Gasteiger partial charge on any atom is -0.466 e. The van der Waals surface area contributed by atoms with Gasteiger partial charge in [-0.15, -0.1) is 0 Å². The molecule has 0 saturated heterocycles. The van der Waals surface area contributed by atoms with E-state index < -0.39 is 23.6 Å². The zero-order valence-electron chi connectivity index (χ0n) is 19.4. The van der Waals surface area contributed by atoms with Gasteiger partial charge in [0.1, 0.15) is 11.9 Å². The van der Waals surface area contributed by atoms with Crippen molar-refractivity contribution in [3.8, 4) is 5.69 Å². The summed E-state index contributed by atoms with van der Waals surface area (Å²) in [5.41, 5.74) is 2.88. The molecule has 9 heteroatoms. The van der Waals surface area contributed by atoms with Gasteiger partial charge in [-0.25, -0.2) is 9.78 Å². The number of nitrogens with zero attached hydrogens (tertiary/aromatic N) is 4. The van der Waals surface area contributed by atoms with E-state index in [1.807, 2.05) is 43.3 Å². The Morgan fingerprint density at radius 1 is 1.18 bits per heavy atom. The lowest BCUT2D eigenvalue weighted by Gasteiger charge is -2.22. The van der Waals surface area contributed by atoms with Gasteiger partial charge in [0.05, 0.1) is 24.2 Å². The second kappa shape index (κ2) is 9.50. The van der Waals surface area contributed by atoms with Gasteiger partial charge in [0.25, 0.3) is 0 Å². The number of hydrogen-bond donors (Lipinski definition) is 0. The van der Waals surface area contributed by atoms with Crippen LogP contribution in [0.15, 0.2) is 58.3 Å². The molecule has 0 N–H and O–H groups in total. The molecule has 0 radical (unpaired) electrons. The summed E-state index contributed by atoms with van der Waals surface area (Å²) in [6.45, 7) is 4.99. The third-order valence-corrected chi connectivity index (χ3v) is 6.07. The maximum atomic E-state index is 12.6. The highest BCUT2D eigenvalue weighted by atomic mass is 79.9. The van der Waals surface area contributed by atoms with Gasteiger partial charge in [0, 0.05) is 34.5 Å². The van der Waals surface area contributed by atoms with Crippen LogP contribution >= 0.6 is 15.9 Å². The van der Waals surface area contributed by atoms with Crippen LogP contribution in [-0.2, 0) is 19.1 Å². The average molecular weight is 525 g/mol. The number of aryl methyl sites for hydroxylation is 1. The summed E-state index contributed by atoms with van der Waals surface area (Å²) in [4.78, 5) is 38.7. The summed E-state index contributed by atoms with van der Waals surface area (Å²) in [5.74, 6) is -0.394. The van der Waals surface area contributed by atoms with Crippen LogP contribution in [0.2, 0.25) is 0 Å². The fourth-order valence-corrected chi connectivity index (χ4v) is 4.32. The van der Waals surface area contributed by atoms with E-state index >= 15 is 0 Å². The Bertz CT molecular complexity index is 1270. The van der Waals surface area contributed by atoms with E-state index in [-0.39, 0.29) is 6.42 Å². The van der Waals surface area contributed by atoms with Crippen molar-refractivity contribution in [3.63, 3.8) is 0 Å². The van der Waals surface area contributed by atoms with Crippen molar-refractivity contribution < 1.29 is 19.1 Å². The maximum absolute atomic E-state index is 12.6. The van der Waals surface area contributed by atoms with Gasteiger partial charge in [-0.05, 0) is 57.5 Å². The molecule has 0 bridgehead atoms. The molecule has 1 aliphatic heterocycles. The lowest BCUT2D eigenvalue weighted by molar-refractivity contribution is -0.176. The molecule has 2 aromatic heterocycles. The molecule has 1 aromatic carbocycles. The number of aliphatic imine (C=N–C) groups is 1. The highest BCUT2D eigenvalue weighted by Crippen LogP contribution is 2.34. The predicted octanol–water partition coefficient (Wildman–Crippen LogP) is 4.51. The third-order valence-electron chi connectivity index (χ3n) is 5.58. The van der Waals surface area contributed by atoms with Crippen molar-refractivity contribution in [2.45, 2.75) is 45.3 Å². The first-order valence-corrected chi connectivity index (χ1v) is 11.6. The smallest absolute Gasteiger partial charge is 0.349 e. The number of fused-ring (bicyclic) bond motifs is 3. The largest absolute Gasteiger partial charge is 0.466 e. The van der Waals surface area contributed by atoms with Crippen LogP contribution in [0.5, 0.6) is 0 Å². The van der Waals surface area contributed by atoms with E-state index in [1.165, 1.54) is 21.0 Å². The highest BCUT2D eigenvalue weighted by molar-refractivity contribution is 9.10. The summed E-state index contributed by atoms with van der Waals surface area (Å²) >= 11 is 3.58. The quantitative estimate of drug-likeness (QED) is 0.440. The molecule has 4 rings (SSSR count). The van der Waals surface area contributed by atoms with Crippen LogP contribution in [-0.4, -0.2) is 44.9 Å². The average Bonchev–Trinajstić information content (AvgIpc) is 3.13. The van der Waals surface area contributed by atoms with Crippen LogP contribution in [0.25, 0.3) is 5.69 Å². The monoisotopic (exact) mass is 524 g/mol. The first kappa shape index (κ1) is 23.8. The number of imidazole rings is 1. The number of carbonyl (C=O) groups excluding carboxylic acids is 2. The maximum Gasteiger partial charge on any atom is 0.349 e. The van der Waals surface area contributed by atoms with Crippen LogP contribution in [0.4, 0.5) is 0 Å². The molecule has 8 nitrogen and oxygen atoms in total. The fraction of sp³-hybridized carbons (Fsp3) is 0.320. The standard InChI is InChI=1S/C25H25BrN4O4/c1-15-14-28-23-19(9-11-21(31)34-25(2,3)24(32)33-4)29-22(18-7-5-6-12-27-18)17-13-16(26)8-10-20(17)30(15)23/h5-8,10,12-14,19H,9,11H2,1-4H3/t19-/m0/s1. The molecule has 1 aliphatic rings. The molecule has 0 unspecified atom stereocenters. The molecule has 0 spiro atoms. The number of rotatable bonds is 6. The number of ether oxygens (including phenoxy) is 2. The second-order valence-corrected chi connectivity index (χ2v) is 9.39. The number of benzene rings is 1. The molecule has 176 valence electrons. The number of carbonyl (C=O) groups is 2. The highest BCUT2D eigenvalue weighted by Gasteiger charge is 2.34. The third kappa shape index (κ3) is 4.65. The Labute approximate surface area is 206 Å². The Morgan fingerprint density at radius 2 is 1.97 bits per heavy atom. The van der Waals surface area contributed by atoms with Crippen molar-refractivity contribution in [1.82, 2.24) is 14.5 Å². The molecule has 0 fully saturated rings. The fourth-order valence-electron chi connectivity index (χ4n) is 3.96. The van der Waals surface area contributed by atoms with Crippen molar-refractivity contribution in [2.24, 2.45) is 4.99 Å². The molecule has 0 amide bonds. The summed E-state index contributed by atoms with van der Waals surface area (Å²) in [6, 6.07) is 11.3. The predicted molar refractivity (Wildman–Crippen MR) is 130 cm³/mol. The zero-order valence-corrected chi connectivity index (χ0v) is 21.0. The van der Waals surface area contributed by atoms with Gasteiger partial charge in [0.2, 0.25) is 5.60 Å². The normalized spacial score (nSPS) is 15.0. The minimum atomic E-state index is -1.37. The molecule has 3 heterocycles. The Morgan fingerprint density at radius 3 is 2.68 bits per heavy atom. The lowest BCUT2D eigenvalue weighted by atomic mass is 10.0. The molecule has 0 saturated carbocycles. The van der Waals surface area contributed by atoms with Crippen LogP contribution in [0.1, 0.15) is 55.5 Å². The Balaban J connectivity index is 1.73. The van der Waals surface area contributed by atoms with Crippen LogP contribution in [0, 0.1) is 6.92 Å². The number of aromatic nitrogens is 3. The Hall–Kier alpha value is -3.33. The lowest BCUT2D eigenvalue weighted by Crippen LogP contribution is -2.38. The number of hydrogen-bond acceptors (Lipinski definition) is 7. The van der Waals surface area contributed by atoms with Gasteiger partial charge in [-0.2, -0.15) is 0 Å². The first-order valence-electron chi connectivity index (χ1n) is 10.8. The van der Waals surface area contributed by atoms with Gasteiger partial charge < -0.3 is 9.47 Å². The molecular weight excluding hydrogens is 500 g/mol. The van der Waals surface area contributed by atoms with E-state index in [0.717, 1.165) is 38.6 Å². The molecule has 0 aliphatic carbocycles.